The smallest absolute Gasteiger partial charge is 0.172 e. The van der Waals surface area contributed by atoms with Crippen molar-refractivity contribution in [1.29, 1.82) is 0 Å². The average molecular weight is 217 g/mol. The van der Waals surface area contributed by atoms with E-state index in [2.05, 4.69) is 6.07 Å². The van der Waals surface area contributed by atoms with Gasteiger partial charge in [0.15, 0.2) is 11.5 Å². The van der Waals surface area contributed by atoms with E-state index >= 15 is 0 Å². The molecule has 0 heterocycles. The van der Waals surface area contributed by atoms with Crippen molar-refractivity contribution in [3.63, 3.8) is 0 Å². The van der Waals surface area contributed by atoms with Gasteiger partial charge in [-0.2, -0.15) is 0 Å². The fourth-order valence-corrected chi connectivity index (χ4v) is 1.75. The van der Waals surface area contributed by atoms with Gasteiger partial charge in [-0.25, -0.2) is 0 Å². The van der Waals surface area contributed by atoms with Crippen LogP contribution < -0.4 is 14.2 Å². The average Bonchev–Trinajstić information content (AvgIpc) is 2.36. The number of fused-ring (bicyclic) bond motifs is 1. The first-order valence-electron chi connectivity index (χ1n) is 4.91. The molecule has 0 saturated heterocycles. The highest BCUT2D eigenvalue weighted by atomic mass is 16.5. The highest BCUT2D eigenvalue weighted by molar-refractivity contribution is 5.95. The van der Waals surface area contributed by atoms with Gasteiger partial charge in [0.1, 0.15) is 5.75 Å². The fraction of sp³-hybridized carbons (Fsp3) is 0.231. The van der Waals surface area contributed by atoms with Crippen LogP contribution in [0.15, 0.2) is 24.3 Å². The summed E-state index contributed by atoms with van der Waals surface area (Å²) in [6.07, 6.45) is 0. The second kappa shape index (κ2) is 4.31. The van der Waals surface area contributed by atoms with Crippen LogP contribution in [0.4, 0.5) is 0 Å². The van der Waals surface area contributed by atoms with E-state index in [1.807, 2.05) is 24.3 Å². The molecule has 0 unspecified atom stereocenters. The maximum Gasteiger partial charge on any atom is 0.172 e. The van der Waals surface area contributed by atoms with Crippen molar-refractivity contribution in [2.75, 3.05) is 21.3 Å². The summed E-state index contributed by atoms with van der Waals surface area (Å²) < 4.78 is 15.9. The molecule has 0 aliphatic heterocycles. The standard InChI is InChI=1S/C13H13O3/c1-14-10-6-4-5-9-7-8-11(15-2)13(16-3)12(9)10/h4,6-8H,1-3H3. The summed E-state index contributed by atoms with van der Waals surface area (Å²) in [5, 5.41) is 1.82. The summed E-state index contributed by atoms with van der Waals surface area (Å²) >= 11 is 0. The molecule has 83 valence electrons. The maximum absolute atomic E-state index is 5.37. The van der Waals surface area contributed by atoms with Crippen LogP contribution in [0.1, 0.15) is 0 Å². The predicted octanol–water partition coefficient (Wildman–Crippen LogP) is 2.67. The van der Waals surface area contributed by atoms with Crippen molar-refractivity contribution >= 4 is 10.8 Å². The van der Waals surface area contributed by atoms with E-state index in [0.717, 1.165) is 16.5 Å². The molecule has 2 aromatic carbocycles. The molecule has 3 nitrogen and oxygen atoms in total. The molecule has 0 atom stereocenters. The van der Waals surface area contributed by atoms with Gasteiger partial charge in [0.05, 0.1) is 26.7 Å². The molecule has 0 N–H and O–H groups in total. The van der Waals surface area contributed by atoms with Crippen molar-refractivity contribution in [2.45, 2.75) is 0 Å². The Morgan fingerprint density at radius 2 is 1.62 bits per heavy atom. The largest absolute Gasteiger partial charge is 0.496 e. The van der Waals surface area contributed by atoms with Crippen molar-refractivity contribution < 1.29 is 14.2 Å². The van der Waals surface area contributed by atoms with E-state index < -0.39 is 0 Å². The Hall–Kier alpha value is -1.90. The normalized spacial score (nSPS) is 10.2. The van der Waals surface area contributed by atoms with E-state index in [9.17, 15) is 0 Å². The van der Waals surface area contributed by atoms with Gasteiger partial charge in [-0.1, -0.05) is 6.07 Å². The lowest BCUT2D eigenvalue weighted by atomic mass is 10.1. The number of methoxy groups -OCH3 is 3. The number of hydrogen-bond acceptors (Lipinski definition) is 3. The minimum atomic E-state index is 0.675. The zero-order valence-electron chi connectivity index (χ0n) is 9.53. The van der Waals surface area contributed by atoms with Crippen molar-refractivity contribution in [3.05, 3.63) is 30.3 Å². The van der Waals surface area contributed by atoms with Gasteiger partial charge in [0.2, 0.25) is 0 Å². The van der Waals surface area contributed by atoms with E-state index in [0.29, 0.717) is 11.5 Å². The Labute approximate surface area is 94.5 Å². The van der Waals surface area contributed by atoms with Crippen LogP contribution in [0.2, 0.25) is 0 Å². The highest BCUT2D eigenvalue weighted by Gasteiger charge is 2.12. The van der Waals surface area contributed by atoms with E-state index in [1.165, 1.54) is 0 Å². The lowest BCUT2D eigenvalue weighted by Gasteiger charge is -2.12. The fourth-order valence-electron chi connectivity index (χ4n) is 1.75. The minimum absolute atomic E-state index is 0.675. The van der Waals surface area contributed by atoms with Crippen molar-refractivity contribution in [3.8, 4) is 17.2 Å². The van der Waals surface area contributed by atoms with Gasteiger partial charge in [-0.15, -0.1) is 0 Å². The molecule has 2 rings (SSSR count). The van der Waals surface area contributed by atoms with Gasteiger partial charge in [-0.3, -0.25) is 0 Å². The van der Waals surface area contributed by atoms with Crippen LogP contribution in [0.25, 0.3) is 10.8 Å². The van der Waals surface area contributed by atoms with Crippen LogP contribution in [-0.4, -0.2) is 21.3 Å². The van der Waals surface area contributed by atoms with Crippen molar-refractivity contribution in [2.24, 2.45) is 0 Å². The van der Waals surface area contributed by atoms with E-state index in [4.69, 9.17) is 14.2 Å². The molecule has 0 saturated carbocycles. The number of benzene rings is 2. The first-order valence-corrected chi connectivity index (χ1v) is 4.91. The van der Waals surface area contributed by atoms with Gasteiger partial charge in [0, 0.05) is 0 Å². The molecule has 0 aliphatic rings. The molecule has 0 bridgehead atoms. The second-order valence-corrected chi connectivity index (χ2v) is 3.27. The quantitative estimate of drug-likeness (QED) is 0.791. The molecule has 0 fully saturated rings. The second-order valence-electron chi connectivity index (χ2n) is 3.27. The summed E-state index contributed by atoms with van der Waals surface area (Å²) in [5.74, 6) is 2.12. The monoisotopic (exact) mass is 217 g/mol. The first-order chi connectivity index (χ1) is 7.81. The molecule has 0 aliphatic carbocycles. The summed E-state index contributed by atoms with van der Waals surface area (Å²) in [7, 11) is 4.86. The summed E-state index contributed by atoms with van der Waals surface area (Å²) in [6.45, 7) is 0. The van der Waals surface area contributed by atoms with E-state index in [1.54, 1.807) is 21.3 Å². The molecular formula is C13H13O3. The highest BCUT2D eigenvalue weighted by Crippen LogP contribution is 2.40. The van der Waals surface area contributed by atoms with Crippen LogP contribution in [0, 0.1) is 6.07 Å². The number of hydrogen-bond donors (Lipinski definition) is 0. The molecule has 1 radical (unpaired) electrons. The molecule has 0 aromatic heterocycles. The summed E-state index contributed by atoms with van der Waals surface area (Å²) in [6, 6.07) is 10.6. The number of ether oxygens (including phenoxy) is 3. The Kier molecular flexibility index (Phi) is 2.86. The van der Waals surface area contributed by atoms with Gasteiger partial charge in [0.25, 0.3) is 0 Å². The Balaban J connectivity index is 2.83. The topological polar surface area (TPSA) is 27.7 Å². The van der Waals surface area contributed by atoms with Crippen LogP contribution in [0.3, 0.4) is 0 Å². The van der Waals surface area contributed by atoms with Gasteiger partial charge in [-0.05, 0) is 29.7 Å². The molecular weight excluding hydrogens is 204 g/mol. The van der Waals surface area contributed by atoms with Crippen LogP contribution in [0.5, 0.6) is 17.2 Å². The first kappa shape index (κ1) is 10.6. The third kappa shape index (κ3) is 1.54. The SMILES string of the molecule is COc1ccc2[c]ccc(OC)c2c1OC. The predicted molar refractivity (Wildman–Crippen MR) is 62.4 cm³/mol. The molecule has 3 heteroatoms. The zero-order chi connectivity index (χ0) is 11.5. The van der Waals surface area contributed by atoms with E-state index in [-0.39, 0.29) is 0 Å². The maximum atomic E-state index is 5.37. The van der Waals surface area contributed by atoms with Crippen LogP contribution in [-0.2, 0) is 0 Å². The third-order valence-electron chi connectivity index (χ3n) is 2.49. The third-order valence-corrected chi connectivity index (χ3v) is 2.49. The van der Waals surface area contributed by atoms with Crippen LogP contribution >= 0.6 is 0 Å². The lowest BCUT2D eigenvalue weighted by Crippen LogP contribution is -1.93. The molecule has 2 aromatic rings. The zero-order valence-corrected chi connectivity index (χ0v) is 9.53. The number of rotatable bonds is 3. The Morgan fingerprint density at radius 3 is 2.25 bits per heavy atom. The van der Waals surface area contributed by atoms with Gasteiger partial charge >= 0.3 is 0 Å². The molecule has 0 amide bonds. The molecule has 16 heavy (non-hydrogen) atoms. The Morgan fingerprint density at radius 1 is 0.875 bits per heavy atom. The Bertz CT molecular complexity index is 506. The summed E-state index contributed by atoms with van der Waals surface area (Å²) in [5.41, 5.74) is 0. The van der Waals surface area contributed by atoms with Crippen molar-refractivity contribution in [1.82, 2.24) is 0 Å². The molecule has 0 spiro atoms. The lowest BCUT2D eigenvalue weighted by molar-refractivity contribution is 0.356. The van der Waals surface area contributed by atoms with Gasteiger partial charge < -0.3 is 14.2 Å². The summed E-state index contributed by atoms with van der Waals surface area (Å²) in [4.78, 5) is 0. The minimum Gasteiger partial charge on any atom is -0.496 e.